The van der Waals surface area contributed by atoms with E-state index in [9.17, 15) is 9.90 Å². The van der Waals surface area contributed by atoms with Crippen LogP contribution in [-0.2, 0) is 13.0 Å². The maximum absolute atomic E-state index is 12.6. The van der Waals surface area contributed by atoms with Crippen LogP contribution >= 0.6 is 11.3 Å². The molecule has 122 valence electrons. The number of hydrogen-bond acceptors (Lipinski definition) is 3. The van der Waals surface area contributed by atoms with E-state index in [0.717, 1.165) is 12.8 Å². The van der Waals surface area contributed by atoms with Gasteiger partial charge in [0.1, 0.15) is 0 Å². The van der Waals surface area contributed by atoms with Gasteiger partial charge in [0.15, 0.2) is 0 Å². The molecule has 1 aliphatic rings. The molecule has 3 rings (SSSR count). The molecule has 1 aromatic heterocycles. The molecule has 23 heavy (non-hydrogen) atoms. The summed E-state index contributed by atoms with van der Waals surface area (Å²) in [5.41, 5.74) is 3.72. The summed E-state index contributed by atoms with van der Waals surface area (Å²) >= 11 is 1.65. The number of urea groups is 1. The Morgan fingerprint density at radius 2 is 2.22 bits per heavy atom. The van der Waals surface area contributed by atoms with Gasteiger partial charge < -0.3 is 15.3 Å². The van der Waals surface area contributed by atoms with Gasteiger partial charge >= 0.3 is 6.03 Å². The summed E-state index contributed by atoms with van der Waals surface area (Å²) < 4.78 is 0. The van der Waals surface area contributed by atoms with Gasteiger partial charge in [0, 0.05) is 11.4 Å². The Morgan fingerprint density at radius 1 is 1.39 bits per heavy atom. The molecule has 1 unspecified atom stereocenters. The van der Waals surface area contributed by atoms with Gasteiger partial charge in [-0.3, -0.25) is 0 Å². The summed E-state index contributed by atoms with van der Waals surface area (Å²) in [6, 6.07) is 10.3. The van der Waals surface area contributed by atoms with Gasteiger partial charge in [-0.1, -0.05) is 24.3 Å². The average molecular weight is 330 g/mol. The van der Waals surface area contributed by atoms with Crippen molar-refractivity contribution in [3.05, 3.63) is 57.3 Å². The number of nitrogens with zero attached hydrogens (tertiary/aromatic N) is 1. The first-order valence-corrected chi connectivity index (χ1v) is 8.84. The van der Waals surface area contributed by atoms with E-state index in [2.05, 4.69) is 30.4 Å². The van der Waals surface area contributed by atoms with E-state index >= 15 is 0 Å². The molecular formula is C18H22N2O2S. The molecule has 2 aromatic rings. The minimum Gasteiger partial charge on any atom is -0.395 e. The molecule has 1 aliphatic carbocycles. The zero-order valence-corrected chi connectivity index (χ0v) is 14.1. The number of aliphatic hydroxyl groups excluding tert-OH is 1. The Bertz CT molecular complexity index is 683. The van der Waals surface area contributed by atoms with Crippen molar-refractivity contribution < 1.29 is 9.90 Å². The van der Waals surface area contributed by atoms with Crippen LogP contribution in [0.2, 0.25) is 0 Å². The lowest BCUT2D eigenvalue weighted by Crippen LogP contribution is -2.42. The van der Waals surface area contributed by atoms with Crippen molar-refractivity contribution in [1.29, 1.82) is 0 Å². The summed E-state index contributed by atoms with van der Waals surface area (Å²) in [6.45, 7) is 2.92. The summed E-state index contributed by atoms with van der Waals surface area (Å²) in [5.74, 6) is 0. The number of hydrogen-bond donors (Lipinski definition) is 2. The number of carbonyl (C=O) groups is 1. The highest BCUT2D eigenvalue weighted by molar-refractivity contribution is 7.10. The molecule has 0 saturated carbocycles. The molecule has 1 heterocycles. The van der Waals surface area contributed by atoms with Crippen LogP contribution < -0.4 is 5.32 Å². The Morgan fingerprint density at radius 3 is 2.96 bits per heavy atom. The number of nitrogens with one attached hydrogen (secondary N) is 1. The molecule has 2 amide bonds. The van der Waals surface area contributed by atoms with E-state index in [-0.39, 0.29) is 18.7 Å². The third-order valence-electron chi connectivity index (χ3n) is 4.45. The number of amides is 2. The van der Waals surface area contributed by atoms with Gasteiger partial charge in [-0.15, -0.1) is 11.3 Å². The highest BCUT2D eigenvalue weighted by Gasteiger charge is 2.30. The maximum atomic E-state index is 12.6. The van der Waals surface area contributed by atoms with Gasteiger partial charge in [-0.25, -0.2) is 4.79 Å². The molecule has 0 bridgehead atoms. The first-order valence-electron chi connectivity index (χ1n) is 7.97. The zero-order valence-electron chi connectivity index (χ0n) is 13.3. The highest BCUT2D eigenvalue weighted by atomic mass is 32.1. The van der Waals surface area contributed by atoms with E-state index in [0.29, 0.717) is 13.1 Å². The number of thiophene rings is 1. The molecule has 1 atom stereocenters. The maximum Gasteiger partial charge on any atom is 0.318 e. The van der Waals surface area contributed by atoms with E-state index < -0.39 is 0 Å². The average Bonchev–Trinajstić information content (AvgIpc) is 3.16. The van der Waals surface area contributed by atoms with Crippen molar-refractivity contribution in [3.8, 4) is 0 Å². The molecule has 0 radical (unpaired) electrons. The topological polar surface area (TPSA) is 52.6 Å². The Hall–Kier alpha value is -1.85. The van der Waals surface area contributed by atoms with E-state index in [1.807, 2.05) is 17.5 Å². The largest absolute Gasteiger partial charge is 0.395 e. The Kier molecular flexibility index (Phi) is 4.98. The molecule has 2 N–H and O–H groups in total. The summed E-state index contributed by atoms with van der Waals surface area (Å²) in [5, 5.41) is 14.4. The quantitative estimate of drug-likeness (QED) is 0.884. The van der Waals surface area contributed by atoms with Crippen LogP contribution in [0.4, 0.5) is 4.79 Å². The van der Waals surface area contributed by atoms with Crippen molar-refractivity contribution in [2.24, 2.45) is 0 Å². The van der Waals surface area contributed by atoms with Crippen LogP contribution in [0.15, 0.2) is 35.7 Å². The smallest absolute Gasteiger partial charge is 0.318 e. The van der Waals surface area contributed by atoms with Gasteiger partial charge in [-0.2, -0.15) is 0 Å². The highest BCUT2D eigenvalue weighted by Crippen LogP contribution is 2.35. The van der Waals surface area contributed by atoms with Crippen molar-refractivity contribution in [2.75, 3.05) is 13.2 Å². The summed E-state index contributed by atoms with van der Waals surface area (Å²) in [4.78, 5) is 15.6. The third-order valence-corrected chi connectivity index (χ3v) is 5.47. The molecule has 0 spiro atoms. The lowest BCUT2D eigenvalue weighted by Gasteiger charge is -2.29. The molecule has 0 fully saturated rings. The first-order chi connectivity index (χ1) is 11.2. The molecule has 1 aromatic carbocycles. The van der Waals surface area contributed by atoms with Crippen LogP contribution in [0.1, 0.15) is 34.0 Å². The second-order valence-electron chi connectivity index (χ2n) is 5.86. The lowest BCUT2D eigenvalue weighted by molar-refractivity contribution is 0.151. The van der Waals surface area contributed by atoms with E-state index in [4.69, 9.17) is 0 Å². The summed E-state index contributed by atoms with van der Waals surface area (Å²) in [6.07, 6.45) is 1.91. The number of fused-ring (bicyclic) bond motifs is 1. The van der Waals surface area contributed by atoms with Gasteiger partial charge in [0.2, 0.25) is 0 Å². The van der Waals surface area contributed by atoms with Crippen molar-refractivity contribution >= 4 is 17.4 Å². The van der Waals surface area contributed by atoms with E-state index in [1.54, 1.807) is 16.2 Å². The Labute approximate surface area is 140 Å². The first kappa shape index (κ1) is 16.0. The Balaban J connectivity index is 1.71. The molecule has 4 nitrogen and oxygen atoms in total. The number of aliphatic hydroxyl groups is 1. The number of benzene rings is 1. The van der Waals surface area contributed by atoms with Crippen LogP contribution in [0.25, 0.3) is 0 Å². The number of carbonyl (C=O) groups excluding carboxylic acids is 1. The summed E-state index contributed by atoms with van der Waals surface area (Å²) in [7, 11) is 0. The standard InChI is InChI=1S/C18H22N2O2S/c1-13-8-11-23-17(13)12-19-18(22)20(9-10-21)16-7-6-14-4-2-3-5-15(14)16/h2-5,8,11,16,21H,6-7,9-10,12H2,1H3,(H,19,22). The van der Waals surface area contributed by atoms with Gasteiger partial charge in [0.25, 0.3) is 0 Å². The molecular weight excluding hydrogens is 308 g/mol. The van der Waals surface area contributed by atoms with Crippen molar-refractivity contribution in [3.63, 3.8) is 0 Å². The molecule has 0 aliphatic heterocycles. The fourth-order valence-electron chi connectivity index (χ4n) is 3.21. The minimum atomic E-state index is -0.103. The minimum absolute atomic E-state index is 0.0237. The molecule has 0 saturated heterocycles. The van der Waals surface area contributed by atoms with Crippen LogP contribution in [0.5, 0.6) is 0 Å². The van der Waals surface area contributed by atoms with Gasteiger partial charge in [0.05, 0.1) is 19.2 Å². The predicted molar refractivity (Wildman–Crippen MR) is 92.6 cm³/mol. The molecule has 5 heteroatoms. The van der Waals surface area contributed by atoms with Crippen LogP contribution in [0.3, 0.4) is 0 Å². The zero-order chi connectivity index (χ0) is 16.2. The van der Waals surface area contributed by atoms with Crippen molar-refractivity contribution in [2.45, 2.75) is 32.4 Å². The van der Waals surface area contributed by atoms with Crippen LogP contribution in [-0.4, -0.2) is 29.2 Å². The number of aryl methyl sites for hydroxylation is 2. The fourth-order valence-corrected chi connectivity index (χ4v) is 4.05. The fraction of sp³-hybridized carbons (Fsp3) is 0.389. The predicted octanol–water partition coefficient (Wildman–Crippen LogP) is 3.25. The second-order valence-corrected chi connectivity index (χ2v) is 6.86. The monoisotopic (exact) mass is 330 g/mol. The normalized spacial score (nSPS) is 16.2. The van der Waals surface area contributed by atoms with Crippen molar-refractivity contribution in [1.82, 2.24) is 10.2 Å². The van der Waals surface area contributed by atoms with E-state index in [1.165, 1.54) is 21.6 Å². The number of rotatable bonds is 5. The van der Waals surface area contributed by atoms with Gasteiger partial charge in [-0.05, 0) is 47.9 Å². The SMILES string of the molecule is Cc1ccsc1CNC(=O)N(CCO)C1CCc2ccccc21. The lowest BCUT2D eigenvalue weighted by atomic mass is 10.1. The van der Waals surface area contributed by atoms with Crippen LogP contribution in [0, 0.1) is 6.92 Å². The second kappa shape index (κ2) is 7.15. The third kappa shape index (κ3) is 3.41.